The van der Waals surface area contributed by atoms with Gasteiger partial charge in [0.15, 0.2) is 0 Å². The molecule has 7 heavy (non-hydrogen) atoms. The van der Waals surface area contributed by atoms with Crippen LogP contribution >= 0.6 is 0 Å². The zero-order valence-corrected chi connectivity index (χ0v) is 3.70. The second kappa shape index (κ2) is 1.90. The molecule has 0 aromatic carbocycles. The molecule has 0 aliphatic heterocycles. The van der Waals surface area contributed by atoms with Crippen LogP contribution in [0.1, 0.15) is 6.92 Å². The second-order valence-electron chi connectivity index (χ2n) is 0.916. The van der Waals surface area contributed by atoms with E-state index in [1.54, 1.807) is 0 Å². The number of hydrogen-bond acceptors (Lipinski definition) is 1. The van der Waals surface area contributed by atoms with Crippen LogP contribution in [0.3, 0.4) is 0 Å². The maximum atomic E-state index is 11.1. The van der Waals surface area contributed by atoms with Gasteiger partial charge in [-0.25, -0.2) is 0 Å². The summed E-state index contributed by atoms with van der Waals surface area (Å²) in [5, 5.41) is 7.51. The average Bonchev–Trinajstić information content (AvgIpc) is 1.30. The molecule has 1 nitrogen and oxygen atoms in total. The van der Waals surface area contributed by atoms with E-state index in [2.05, 4.69) is 0 Å². The molecule has 0 aliphatic rings. The summed E-state index contributed by atoms with van der Waals surface area (Å²) >= 11 is 0. The van der Waals surface area contributed by atoms with Gasteiger partial charge in [0.1, 0.15) is 0 Å². The van der Waals surface area contributed by atoms with Crippen molar-refractivity contribution in [3.63, 3.8) is 0 Å². The molecule has 0 saturated heterocycles. The van der Waals surface area contributed by atoms with Gasteiger partial charge >= 0.3 is 6.11 Å². The van der Waals surface area contributed by atoms with Crippen molar-refractivity contribution in [2.24, 2.45) is 0 Å². The first-order chi connectivity index (χ1) is 3.06. The summed E-state index contributed by atoms with van der Waals surface area (Å²) in [7, 11) is 0. The summed E-state index contributed by atoms with van der Waals surface area (Å²) in [6, 6.07) is 0. The van der Waals surface area contributed by atoms with Crippen molar-refractivity contribution >= 4 is 0 Å². The van der Waals surface area contributed by atoms with E-state index in [0.29, 0.717) is 0 Å². The Labute approximate surface area is 40.0 Å². The van der Waals surface area contributed by atoms with E-state index < -0.39 is 6.11 Å². The largest absolute Gasteiger partial charge is 0.420 e. The third kappa shape index (κ3) is 5.38. The molecule has 0 aliphatic carbocycles. The van der Waals surface area contributed by atoms with Gasteiger partial charge in [-0.15, -0.1) is 0 Å². The minimum absolute atomic E-state index is 1.23. The predicted molar refractivity (Wildman–Crippen MR) is 20.6 cm³/mol. The summed E-state index contributed by atoms with van der Waals surface area (Å²) in [6.45, 7) is 1.23. The molecule has 0 rings (SSSR count). The summed E-state index contributed by atoms with van der Waals surface area (Å²) in [5.74, 6) is 3.11. The molecule has 40 valence electrons. The number of aliphatic hydroxyl groups is 1. The Morgan fingerprint density at radius 1 is 1.57 bits per heavy atom. The van der Waals surface area contributed by atoms with Crippen molar-refractivity contribution in [1.29, 1.82) is 0 Å². The van der Waals surface area contributed by atoms with Crippen molar-refractivity contribution in [2.45, 2.75) is 13.0 Å². The maximum absolute atomic E-state index is 11.1. The molecular weight excluding hydrogens is 102 g/mol. The Morgan fingerprint density at radius 3 is 2.00 bits per heavy atom. The first-order valence-corrected chi connectivity index (χ1v) is 1.60. The first-order valence-electron chi connectivity index (χ1n) is 1.60. The third-order valence-corrected chi connectivity index (χ3v) is 0.275. The molecule has 0 radical (unpaired) electrons. The van der Waals surface area contributed by atoms with Crippen molar-refractivity contribution in [1.82, 2.24) is 0 Å². The van der Waals surface area contributed by atoms with Crippen molar-refractivity contribution < 1.29 is 13.9 Å². The van der Waals surface area contributed by atoms with Gasteiger partial charge in [-0.2, -0.15) is 8.78 Å². The fourth-order valence-corrected chi connectivity index (χ4v) is 0.150. The van der Waals surface area contributed by atoms with Gasteiger partial charge in [0.25, 0.3) is 0 Å². The van der Waals surface area contributed by atoms with Crippen molar-refractivity contribution in [3.8, 4) is 11.8 Å². The zero-order chi connectivity index (χ0) is 5.91. The molecule has 0 spiro atoms. The number of alkyl halides is 2. The summed E-state index contributed by atoms with van der Waals surface area (Å²) in [5.41, 5.74) is 0. The number of rotatable bonds is 0. The predicted octanol–water partition coefficient (Wildman–Crippen LogP) is 0.595. The molecule has 0 heterocycles. The lowest BCUT2D eigenvalue weighted by molar-refractivity contribution is -0.145. The highest BCUT2D eigenvalue weighted by Gasteiger charge is 2.18. The lowest BCUT2D eigenvalue weighted by Gasteiger charge is -1.93. The Hall–Kier alpha value is -0.620. The summed E-state index contributed by atoms with van der Waals surface area (Å²) < 4.78 is 22.2. The number of hydrogen-bond donors (Lipinski definition) is 1. The van der Waals surface area contributed by atoms with Crippen LogP contribution < -0.4 is 0 Å². The van der Waals surface area contributed by atoms with Crippen molar-refractivity contribution in [3.05, 3.63) is 0 Å². The van der Waals surface area contributed by atoms with Gasteiger partial charge in [0.2, 0.25) is 0 Å². The van der Waals surface area contributed by atoms with E-state index in [1.807, 2.05) is 5.92 Å². The van der Waals surface area contributed by atoms with Gasteiger partial charge in [0, 0.05) is 5.92 Å². The molecule has 0 atom stereocenters. The third-order valence-electron chi connectivity index (χ3n) is 0.275. The fraction of sp³-hybridized carbons (Fsp3) is 0.500. The molecule has 3 heteroatoms. The van der Waals surface area contributed by atoms with Gasteiger partial charge < -0.3 is 5.11 Å². The van der Waals surface area contributed by atoms with E-state index in [4.69, 9.17) is 5.11 Å². The molecule has 0 bridgehead atoms. The minimum atomic E-state index is -3.81. The molecule has 0 unspecified atom stereocenters. The van der Waals surface area contributed by atoms with Crippen LogP contribution in [0.25, 0.3) is 0 Å². The molecule has 0 aromatic heterocycles. The highest BCUT2D eigenvalue weighted by molar-refractivity contribution is 5.01. The van der Waals surface area contributed by atoms with Crippen LogP contribution in [-0.2, 0) is 0 Å². The summed E-state index contributed by atoms with van der Waals surface area (Å²) in [4.78, 5) is 0. The van der Waals surface area contributed by atoms with Crippen LogP contribution in [0, 0.1) is 11.8 Å². The standard InChI is InChI=1S/C4H4F2O/c1-2-3-4(5,6)7/h7H,1H3. The Kier molecular flexibility index (Phi) is 1.73. The van der Waals surface area contributed by atoms with Crippen LogP contribution in [0.2, 0.25) is 0 Å². The molecule has 1 N–H and O–H groups in total. The molecular formula is C4H4F2O. The zero-order valence-electron chi connectivity index (χ0n) is 3.70. The smallest absolute Gasteiger partial charge is 0.326 e. The van der Waals surface area contributed by atoms with Gasteiger partial charge in [-0.1, -0.05) is 5.92 Å². The second-order valence-corrected chi connectivity index (χ2v) is 0.916. The topological polar surface area (TPSA) is 20.2 Å². The Morgan fingerprint density at radius 2 is 2.00 bits per heavy atom. The first kappa shape index (κ1) is 6.38. The molecule has 0 amide bonds. The van der Waals surface area contributed by atoms with Gasteiger partial charge in [-0.05, 0) is 6.92 Å². The van der Waals surface area contributed by atoms with Gasteiger partial charge in [0.05, 0.1) is 0 Å². The lowest BCUT2D eigenvalue weighted by atomic mass is 10.6. The van der Waals surface area contributed by atoms with E-state index in [0.717, 1.165) is 0 Å². The SMILES string of the molecule is CC#CC(O)(F)F. The van der Waals surface area contributed by atoms with E-state index in [1.165, 1.54) is 12.8 Å². The summed E-state index contributed by atoms with van der Waals surface area (Å²) in [6.07, 6.45) is -3.81. The lowest BCUT2D eigenvalue weighted by Crippen LogP contribution is -2.09. The van der Waals surface area contributed by atoms with Crippen LogP contribution in [0.15, 0.2) is 0 Å². The molecule has 0 aromatic rings. The highest BCUT2D eigenvalue weighted by atomic mass is 19.3. The Bertz CT molecular complexity index is 103. The highest BCUT2D eigenvalue weighted by Crippen LogP contribution is 2.03. The van der Waals surface area contributed by atoms with Gasteiger partial charge in [-0.3, -0.25) is 0 Å². The maximum Gasteiger partial charge on any atom is 0.420 e. The van der Waals surface area contributed by atoms with Crippen molar-refractivity contribution in [2.75, 3.05) is 0 Å². The quantitative estimate of drug-likeness (QED) is 0.448. The molecule has 0 fully saturated rings. The number of halogens is 2. The molecule has 0 saturated carbocycles. The fourth-order valence-electron chi connectivity index (χ4n) is 0.150. The van der Waals surface area contributed by atoms with Crippen LogP contribution in [-0.4, -0.2) is 11.2 Å². The van der Waals surface area contributed by atoms with Crippen LogP contribution in [0.4, 0.5) is 8.78 Å². The van der Waals surface area contributed by atoms with E-state index in [-0.39, 0.29) is 0 Å². The van der Waals surface area contributed by atoms with E-state index in [9.17, 15) is 8.78 Å². The minimum Gasteiger partial charge on any atom is -0.326 e. The Balaban J connectivity index is 3.72. The monoisotopic (exact) mass is 106 g/mol. The normalized spacial score (nSPS) is 9.71. The average molecular weight is 106 g/mol. The van der Waals surface area contributed by atoms with Crippen LogP contribution in [0.5, 0.6) is 0 Å². The van der Waals surface area contributed by atoms with E-state index >= 15 is 0 Å².